The third kappa shape index (κ3) is 4.18. The number of hydrogen-bond acceptors (Lipinski definition) is 3. The number of fused-ring (bicyclic) bond motifs is 2. The van der Waals surface area contributed by atoms with Crippen molar-refractivity contribution >= 4 is 10.0 Å². The normalized spacial score (nSPS) is 21.7. The maximum atomic E-state index is 12.9. The Morgan fingerprint density at radius 2 is 1.35 bits per heavy atom. The molecular weight excluding hydrogens is 406 g/mol. The molecule has 1 saturated heterocycles. The summed E-state index contributed by atoms with van der Waals surface area (Å²) in [4.78, 5) is 0.309. The molecule has 0 bridgehead atoms. The summed E-state index contributed by atoms with van der Waals surface area (Å²) in [5.74, 6) is 0.110. The molecular formula is C26H27NO3S. The molecule has 2 aliphatic rings. The van der Waals surface area contributed by atoms with Crippen LogP contribution in [-0.4, -0.2) is 27.2 Å². The molecule has 1 aliphatic carbocycles. The molecule has 0 saturated carbocycles. The first kappa shape index (κ1) is 20.4. The van der Waals surface area contributed by atoms with Crippen molar-refractivity contribution in [1.29, 1.82) is 0 Å². The van der Waals surface area contributed by atoms with Gasteiger partial charge in [0.25, 0.3) is 0 Å². The molecule has 1 aliphatic heterocycles. The Balaban J connectivity index is 1.45. The minimum atomic E-state index is -3.55. The van der Waals surface area contributed by atoms with Gasteiger partial charge in [-0.3, -0.25) is 0 Å². The van der Waals surface area contributed by atoms with Crippen LogP contribution in [0, 0.1) is 0 Å². The average Bonchev–Trinajstić information content (AvgIpc) is 2.96. The topological polar surface area (TPSA) is 55.4 Å². The molecule has 5 heteroatoms. The average molecular weight is 434 g/mol. The number of ether oxygens (including phenoxy) is 1. The summed E-state index contributed by atoms with van der Waals surface area (Å²) in [5.41, 5.74) is 5.34. The van der Waals surface area contributed by atoms with E-state index in [0.29, 0.717) is 24.3 Å². The Hall–Kier alpha value is -2.47. The van der Waals surface area contributed by atoms with E-state index in [1.54, 1.807) is 24.3 Å². The molecule has 0 amide bonds. The fourth-order valence-electron chi connectivity index (χ4n) is 5.02. The van der Waals surface area contributed by atoms with Gasteiger partial charge in [-0.15, -0.1) is 0 Å². The monoisotopic (exact) mass is 433 g/mol. The van der Waals surface area contributed by atoms with Crippen molar-refractivity contribution in [2.75, 3.05) is 6.61 Å². The molecule has 3 aromatic carbocycles. The molecule has 0 aromatic heterocycles. The number of aryl methyl sites for hydroxylation is 2. The van der Waals surface area contributed by atoms with Crippen LogP contribution in [0.1, 0.15) is 41.0 Å². The lowest BCUT2D eigenvalue weighted by atomic mass is 9.80. The summed E-state index contributed by atoms with van der Waals surface area (Å²) in [5, 5.41) is 0. The lowest BCUT2D eigenvalue weighted by Crippen LogP contribution is -2.44. The Bertz CT molecular complexity index is 1110. The van der Waals surface area contributed by atoms with Crippen LogP contribution in [-0.2, 0) is 27.6 Å². The van der Waals surface area contributed by atoms with Gasteiger partial charge in [-0.1, -0.05) is 66.7 Å². The van der Waals surface area contributed by atoms with E-state index in [4.69, 9.17) is 4.74 Å². The summed E-state index contributed by atoms with van der Waals surface area (Å²) in [6.45, 7) is 0.549. The van der Waals surface area contributed by atoms with Crippen LogP contribution < -0.4 is 4.72 Å². The summed E-state index contributed by atoms with van der Waals surface area (Å²) in [6, 6.07) is 25.7. The van der Waals surface area contributed by atoms with Gasteiger partial charge in [-0.25, -0.2) is 13.1 Å². The van der Waals surface area contributed by atoms with Gasteiger partial charge in [0.1, 0.15) is 0 Å². The Morgan fingerprint density at radius 3 is 2.00 bits per heavy atom. The molecule has 3 aromatic rings. The van der Waals surface area contributed by atoms with Gasteiger partial charge in [0.15, 0.2) is 0 Å². The maximum absolute atomic E-state index is 12.9. The minimum absolute atomic E-state index is 0.0716. The first-order valence-electron chi connectivity index (χ1n) is 11.0. The molecule has 0 spiro atoms. The standard InChI is InChI=1S/C26H27NO3S/c28-31(29,22-10-2-1-3-11-22)27-21-16-17-30-25(18-21)26-23-12-6-4-8-19(23)14-15-20-9-5-7-13-24(20)26/h1-13,21,25-27H,14-18H2/t21-,25+/m0/s1. The van der Waals surface area contributed by atoms with Gasteiger partial charge in [-0.2, -0.15) is 0 Å². The van der Waals surface area contributed by atoms with E-state index < -0.39 is 10.0 Å². The molecule has 4 nitrogen and oxygen atoms in total. The van der Waals surface area contributed by atoms with Crippen LogP contribution >= 0.6 is 0 Å². The highest BCUT2D eigenvalue weighted by atomic mass is 32.2. The van der Waals surface area contributed by atoms with Crippen molar-refractivity contribution in [1.82, 2.24) is 4.72 Å². The Labute approximate surface area is 184 Å². The lowest BCUT2D eigenvalue weighted by Gasteiger charge is -2.36. The van der Waals surface area contributed by atoms with Crippen molar-refractivity contribution < 1.29 is 13.2 Å². The van der Waals surface area contributed by atoms with Crippen LogP contribution in [0.25, 0.3) is 0 Å². The highest BCUT2D eigenvalue weighted by Crippen LogP contribution is 2.40. The fraction of sp³-hybridized carbons (Fsp3) is 0.308. The summed E-state index contributed by atoms with van der Waals surface area (Å²) in [7, 11) is -3.55. The SMILES string of the molecule is O=S(=O)(N[C@H]1CCO[C@@H](C2c3ccccc3CCc3ccccc32)C1)c1ccccc1. The van der Waals surface area contributed by atoms with Crippen molar-refractivity contribution in [3.8, 4) is 0 Å². The van der Waals surface area contributed by atoms with Crippen LogP contribution in [0.4, 0.5) is 0 Å². The van der Waals surface area contributed by atoms with E-state index in [9.17, 15) is 8.42 Å². The molecule has 0 radical (unpaired) electrons. The van der Waals surface area contributed by atoms with Gasteiger partial charge < -0.3 is 4.74 Å². The zero-order valence-corrected chi connectivity index (χ0v) is 18.2. The molecule has 160 valence electrons. The predicted molar refractivity (Wildman–Crippen MR) is 122 cm³/mol. The molecule has 1 N–H and O–H groups in total. The van der Waals surface area contributed by atoms with E-state index in [2.05, 4.69) is 53.3 Å². The second kappa shape index (κ2) is 8.58. The largest absolute Gasteiger partial charge is 0.377 e. The van der Waals surface area contributed by atoms with Crippen LogP contribution in [0.15, 0.2) is 83.8 Å². The number of benzene rings is 3. The fourth-order valence-corrected chi connectivity index (χ4v) is 6.33. The number of nitrogens with one attached hydrogen (secondary N) is 1. The van der Waals surface area contributed by atoms with E-state index in [0.717, 1.165) is 12.8 Å². The van der Waals surface area contributed by atoms with Crippen molar-refractivity contribution in [3.05, 3.63) is 101 Å². The van der Waals surface area contributed by atoms with E-state index in [-0.39, 0.29) is 18.1 Å². The number of sulfonamides is 1. The smallest absolute Gasteiger partial charge is 0.240 e. The number of rotatable bonds is 4. The zero-order valence-electron chi connectivity index (χ0n) is 17.4. The quantitative estimate of drug-likeness (QED) is 0.662. The van der Waals surface area contributed by atoms with Crippen LogP contribution in [0.3, 0.4) is 0 Å². The Kier molecular flexibility index (Phi) is 5.65. The van der Waals surface area contributed by atoms with E-state index in [1.165, 1.54) is 22.3 Å². The molecule has 0 unspecified atom stereocenters. The summed E-state index contributed by atoms with van der Waals surface area (Å²) >= 11 is 0. The Morgan fingerprint density at radius 1 is 0.774 bits per heavy atom. The minimum Gasteiger partial charge on any atom is -0.377 e. The van der Waals surface area contributed by atoms with Crippen molar-refractivity contribution in [2.45, 2.75) is 48.6 Å². The predicted octanol–water partition coefficient (Wildman–Crippen LogP) is 4.44. The molecule has 1 fully saturated rings. The zero-order chi connectivity index (χ0) is 21.3. The lowest BCUT2D eigenvalue weighted by molar-refractivity contribution is -0.00397. The van der Waals surface area contributed by atoms with Crippen LogP contribution in [0.2, 0.25) is 0 Å². The van der Waals surface area contributed by atoms with Crippen molar-refractivity contribution in [3.63, 3.8) is 0 Å². The van der Waals surface area contributed by atoms with Crippen molar-refractivity contribution in [2.24, 2.45) is 0 Å². The van der Waals surface area contributed by atoms with Crippen LogP contribution in [0.5, 0.6) is 0 Å². The first-order chi connectivity index (χ1) is 15.1. The molecule has 5 rings (SSSR count). The third-order valence-electron chi connectivity index (χ3n) is 6.51. The summed E-state index contributed by atoms with van der Waals surface area (Å²) in [6.07, 6.45) is 3.29. The van der Waals surface area contributed by atoms with Gasteiger partial charge >= 0.3 is 0 Å². The maximum Gasteiger partial charge on any atom is 0.240 e. The second-order valence-corrected chi connectivity index (χ2v) is 10.2. The van der Waals surface area contributed by atoms with Gasteiger partial charge in [-0.05, 0) is 60.1 Å². The molecule has 1 heterocycles. The second-order valence-electron chi connectivity index (χ2n) is 8.44. The summed E-state index contributed by atoms with van der Waals surface area (Å²) < 4.78 is 35.0. The van der Waals surface area contributed by atoms with Gasteiger partial charge in [0.2, 0.25) is 10.0 Å². The van der Waals surface area contributed by atoms with Gasteiger partial charge in [0, 0.05) is 18.6 Å². The highest BCUT2D eigenvalue weighted by Gasteiger charge is 2.36. The van der Waals surface area contributed by atoms with E-state index in [1.807, 2.05) is 6.07 Å². The third-order valence-corrected chi connectivity index (χ3v) is 8.04. The molecule has 2 atom stereocenters. The molecule has 31 heavy (non-hydrogen) atoms. The van der Waals surface area contributed by atoms with Gasteiger partial charge in [0.05, 0.1) is 11.0 Å². The first-order valence-corrected chi connectivity index (χ1v) is 12.4. The number of hydrogen-bond donors (Lipinski definition) is 1. The van der Waals surface area contributed by atoms with E-state index >= 15 is 0 Å². The highest BCUT2D eigenvalue weighted by molar-refractivity contribution is 7.89.